The van der Waals surface area contributed by atoms with E-state index in [-0.39, 0.29) is 5.91 Å². The molecule has 120 valence electrons. The first-order valence-corrected chi connectivity index (χ1v) is 9.43. The second kappa shape index (κ2) is 5.60. The molecule has 5 heteroatoms. The van der Waals surface area contributed by atoms with Gasteiger partial charge in [-0.1, -0.05) is 0 Å². The van der Waals surface area contributed by atoms with Gasteiger partial charge >= 0.3 is 0 Å². The van der Waals surface area contributed by atoms with Crippen LogP contribution in [0.15, 0.2) is 0 Å². The number of likely N-dealkylation sites (tertiary alicyclic amines) is 2. The summed E-state index contributed by atoms with van der Waals surface area (Å²) in [5.41, 5.74) is 1.55. The van der Waals surface area contributed by atoms with Gasteiger partial charge in [-0.25, -0.2) is 4.98 Å². The van der Waals surface area contributed by atoms with Gasteiger partial charge in [-0.05, 0) is 58.5 Å². The highest BCUT2D eigenvalue weighted by atomic mass is 32.1. The molecule has 3 aliphatic rings. The monoisotopic (exact) mass is 319 g/mol. The third-order valence-corrected chi connectivity index (χ3v) is 6.75. The fourth-order valence-corrected chi connectivity index (χ4v) is 5.57. The number of fused-ring (bicyclic) bond motifs is 1. The summed E-state index contributed by atoms with van der Waals surface area (Å²) >= 11 is 1.66. The van der Waals surface area contributed by atoms with Gasteiger partial charge in [0.25, 0.3) is 5.91 Å². The van der Waals surface area contributed by atoms with Gasteiger partial charge < -0.3 is 9.80 Å². The molecule has 0 bridgehead atoms. The van der Waals surface area contributed by atoms with E-state index in [0.29, 0.717) is 5.41 Å². The molecule has 1 amide bonds. The Morgan fingerprint density at radius 2 is 2.00 bits per heavy atom. The second-order valence-corrected chi connectivity index (χ2v) is 8.50. The third kappa shape index (κ3) is 2.58. The number of piperidine rings is 1. The molecule has 1 spiro atoms. The van der Waals surface area contributed by atoms with Crippen LogP contribution in [0.1, 0.15) is 52.5 Å². The van der Waals surface area contributed by atoms with Crippen LogP contribution in [0.3, 0.4) is 0 Å². The highest BCUT2D eigenvalue weighted by Gasteiger charge is 2.41. The number of nitrogens with zero attached hydrogens (tertiary/aromatic N) is 3. The van der Waals surface area contributed by atoms with Gasteiger partial charge in [-0.15, -0.1) is 11.3 Å². The minimum atomic E-state index is 0.188. The molecule has 0 radical (unpaired) electrons. The molecule has 2 saturated heterocycles. The molecule has 1 atom stereocenters. The predicted molar refractivity (Wildman–Crippen MR) is 88.4 cm³/mol. The second-order valence-electron chi connectivity index (χ2n) is 7.41. The van der Waals surface area contributed by atoms with Crippen LogP contribution in [0, 0.1) is 5.41 Å². The van der Waals surface area contributed by atoms with Crippen molar-refractivity contribution in [2.24, 2.45) is 5.41 Å². The first-order chi connectivity index (χ1) is 10.7. The predicted octanol–water partition coefficient (Wildman–Crippen LogP) is 2.58. The summed E-state index contributed by atoms with van der Waals surface area (Å²) in [6.45, 7) is 4.16. The van der Waals surface area contributed by atoms with E-state index in [1.54, 1.807) is 11.3 Å². The van der Waals surface area contributed by atoms with Crippen molar-refractivity contribution in [3.8, 4) is 0 Å². The Bertz CT molecular complexity index is 557. The molecule has 1 aliphatic carbocycles. The maximum Gasteiger partial charge on any atom is 0.282 e. The van der Waals surface area contributed by atoms with Crippen molar-refractivity contribution in [2.45, 2.75) is 44.9 Å². The van der Waals surface area contributed by atoms with Crippen LogP contribution in [-0.4, -0.2) is 53.9 Å². The number of carbonyl (C=O) groups excluding carboxylic acids is 1. The van der Waals surface area contributed by atoms with Gasteiger partial charge in [-0.2, -0.15) is 0 Å². The summed E-state index contributed by atoms with van der Waals surface area (Å²) in [5, 5.41) is 0.746. The molecule has 1 unspecified atom stereocenters. The van der Waals surface area contributed by atoms with Gasteiger partial charge in [0, 0.05) is 29.9 Å². The van der Waals surface area contributed by atoms with E-state index in [1.165, 1.54) is 42.8 Å². The number of amides is 1. The summed E-state index contributed by atoms with van der Waals surface area (Å²) in [6.07, 6.45) is 8.32. The summed E-state index contributed by atoms with van der Waals surface area (Å²) < 4.78 is 0. The molecule has 22 heavy (non-hydrogen) atoms. The molecule has 1 aromatic rings. The molecule has 4 nitrogen and oxygen atoms in total. The van der Waals surface area contributed by atoms with E-state index in [2.05, 4.69) is 21.8 Å². The molecule has 3 heterocycles. The Labute approximate surface area is 136 Å². The van der Waals surface area contributed by atoms with Crippen molar-refractivity contribution in [3.05, 3.63) is 15.6 Å². The van der Waals surface area contributed by atoms with Gasteiger partial charge in [0.05, 0.1) is 5.69 Å². The number of hydrogen-bond donors (Lipinski definition) is 0. The van der Waals surface area contributed by atoms with Crippen LogP contribution in [-0.2, 0) is 12.8 Å². The fraction of sp³-hybridized carbons (Fsp3) is 0.765. The van der Waals surface area contributed by atoms with Crippen molar-refractivity contribution in [1.82, 2.24) is 14.8 Å². The van der Waals surface area contributed by atoms with E-state index in [0.717, 1.165) is 43.9 Å². The molecule has 2 aliphatic heterocycles. The minimum absolute atomic E-state index is 0.188. The van der Waals surface area contributed by atoms with Crippen molar-refractivity contribution < 1.29 is 4.79 Å². The first kappa shape index (κ1) is 14.6. The number of aromatic nitrogens is 1. The highest BCUT2D eigenvalue weighted by Crippen LogP contribution is 2.39. The largest absolute Gasteiger partial charge is 0.336 e. The Morgan fingerprint density at radius 1 is 1.14 bits per heavy atom. The third-order valence-electron chi connectivity index (χ3n) is 5.61. The lowest BCUT2D eigenvalue weighted by Gasteiger charge is -2.40. The van der Waals surface area contributed by atoms with E-state index in [9.17, 15) is 4.79 Å². The van der Waals surface area contributed by atoms with Crippen LogP contribution >= 0.6 is 11.3 Å². The normalized spacial score (nSPS) is 29.0. The summed E-state index contributed by atoms with van der Waals surface area (Å²) in [5.74, 6) is 0.188. The number of carbonyl (C=O) groups is 1. The minimum Gasteiger partial charge on any atom is -0.336 e. The van der Waals surface area contributed by atoms with Crippen LogP contribution < -0.4 is 0 Å². The Kier molecular flexibility index (Phi) is 3.73. The first-order valence-electron chi connectivity index (χ1n) is 8.62. The van der Waals surface area contributed by atoms with E-state index >= 15 is 0 Å². The zero-order valence-electron chi connectivity index (χ0n) is 13.4. The zero-order valence-corrected chi connectivity index (χ0v) is 14.3. The maximum atomic E-state index is 12.9. The van der Waals surface area contributed by atoms with Crippen molar-refractivity contribution in [3.63, 3.8) is 0 Å². The molecule has 0 aromatic carbocycles. The molecule has 4 rings (SSSR count). The standard InChI is InChI=1S/C17H25N3OS/c1-19-10-8-17(11-19)7-4-9-20(12-17)16(21)15-18-13-5-2-3-6-14(13)22-15/h2-12H2,1H3. The lowest BCUT2D eigenvalue weighted by Crippen LogP contribution is -2.47. The average Bonchev–Trinajstić information content (AvgIpc) is 3.10. The molecule has 0 saturated carbocycles. The van der Waals surface area contributed by atoms with E-state index in [1.807, 2.05) is 0 Å². The molecule has 2 fully saturated rings. The van der Waals surface area contributed by atoms with Crippen LogP contribution in [0.5, 0.6) is 0 Å². The van der Waals surface area contributed by atoms with Crippen molar-refractivity contribution in [2.75, 3.05) is 33.2 Å². The zero-order chi connectivity index (χ0) is 15.2. The molecular formula is C17H25N3OS. The summed E-state index contributed by atoms with van der Waals surface area (Å²) in [4.78, 5) is 23.4. The van der Waals surface area contributed by atoms with Crippen LogP contribution in [0.2, 0.25) is 0 Å². The van der Waals surface area contributed by atoms with Gasteiger partial charge in [0.15, 0.2) is 5.01 Å². The number of rotatable bonds is 1. The van der Waals surface area contributed by atoms with Gasteiger partial charge in [0.2, 0.25) is 0 Å². The number of thiazole rings is 1. The Balaban J connectivity index is 1.51. The molecule has 1 aromatic heterocycles. The number of hydrogen-bond acceptors (Lipinski definition) is 4. The van der Waals surface area contributed by atoms with Crippen molar-refractivity contribution in [1.29, 1.82) is 0 Å². The quantitative estimate of drug-likeness (QED) is 0.798. The summed E-state index contributed by atoms with van der Waals surface area (Å²) in [6, 6.07) is 0. The smallest absolute Gasteiger partial charge is 0.282 e. The van der Waals surface area contributed by atoms with Crippen LogP contribution in [0.25, 0.3) is 0 Å². The van der Waals surface area contributed by atoms with E-state index < -0.39 is 0 Å². The Hall–Kier alpha value is -0.940. The highest BCUT2D eigenvalue weighted by molar-refractivity contribution is 7.13. The van der Waals surface area contributed by atoms with Gasteiger partial charge in [-0.3, -0.25) is 4.79 Å². The lowest BCUT2D eigenvalue weighted by atomic mass is 9.79. The molecular weight excluding hydrogens is 294 g/mol. The van der Waals surface area contributed by atoms with Crippen LogP contribution in [0.4, 0.5) is 0 Å². The SMILES string of the molecule is CN1CCC2(CCCN(C(=O)c3nc4c(s3)CCCC4)C2)C1. The van der Waals surface area contributed by atoms with Gasteiger partial charge in [0.1, 0.15) is 0 Å². The number of aryl methyl sites for hydroxylation is 2. The average molecular weight is 319 g/mol. The fourth-order valence-electron chi connectivity index (χ4n) is 4.45. The maximum absolute atomic E-state index is 12.9. The lowest BCUT2D eigenvalue weighted by molar-refractivity contribution is 0.0534. The van der Waals surface area contributed by atoms with E-state index in [4.69, 9.17) is 0 Å². The van der Waals surface area contributed by atoms with Crippen molar-refractivity contribution >= 4 is 17.2 Å². The summed E-state index contributed by atoms with van der Waals surface area (Å²) in [7, 11) is 2.20. The molecule has 0 N–H and O–H groups in total. The Morgan fingerprint density at radius 3 is 2.77 bits per heavy atom. The topological polar surface area (TPSA) is 36.4 Å².